The second kappa shape index (κ2) is 9.67. The van der Waals surface area contributed by atoms with Gasteiger partial charge >= 0.3 is 0 Å². The standard InChI is InChI=1S/C23H37N3O5/c1-16-12-17(4-5-18(16)27)20(29)26-10-8-23(9-11-26,15-31-3)14-25-21(30)22(2)7-6-19(28)24-13-22/h16-17H,4-15H2,1-3H3,(H,24,28)(H,25,30). The molecular weight excluding hydrogens is 398 g/mol. The second-order valence-electron chi connectivity index (χ2n) is 10.1. The number of nitrogens with one attached hydrogen (secondary N) is 2. The Morgan fingerprint density at radius 2 is 1.90 bits per heavy atom. The minimum absolute atomic E-state index is 0.00473. The largest absolute Gasteiger partial charge is 0.384 e. The van der Waals surface area contributed by atoms with Gasteiger partial charge in [0.15, 0.2) is 0 Å². The van der Waals surface area contributed by atoms with E-state index >= 15 is 0 Å². The molecule has 3 unspecified atom stereocenters. The van der Waals surface area contributed by atoms with Gasteiger partial charge in [-0.25, -0.2) is 0 Å². The van der Waals surface area contributed by atoms with Crippen LogP contribution in [-0.4, -0.2) is 68.3 Å². The van der Waals surface area contributed by atoms with Crippen molar-refractivity contribution in [2.24, 2.45) is 22.7 Å². The topological polar surface area (TPSA) is 105 Å². The zero-order chi connectivity index (χ0) is 22.6. The first-order valence-corrected chi connectivity index (χ1v) is 11.5. The molecule has 3 rings (SSSR count). The summed E-state index contributed by atoms with van der Waals surface area (Å²) in [4.78, 5) is 51.0. The van der Waals surface area contributed by atoms with Gasteiger partial charge in [0.1, 0.15) is 5.78 Å². The molecule has 3 amide bonds. The number of hydrogen-bond donors (Lipinski definition) is 2. The van der Waals surface area contributed by atoms with Crippen molar-refractivity contribution in [1.29, 1.82) is 0 Å². The van der Waals surface area contributed by atoms with E-state index in [0.29, 0.717) is 64.9 Å². The van der Waals surface area contributed by atoms with Gasteiger partial charge < -0.3 is 20.3 Å². The Balaban J connectivity index is 1.54. The fourth-order valence-electron chi connectivity index (χ4n) is 5.14. The molecule has 174 valence electrons. The van der Waals surface area contributed by atoms with Crippen LogP contribution in [0, 0.1) is 22.7 Å². The molecule has 0 aromatic heterocycles. The number of rotatable bonds is 6. The Kier molecular flexibility index (Phi) is 7.39. The number of nitrogens with zero attached hydrogens (tertiary/aromatic N) is 1. The van der Waals surface area contributed by atoms with E-state index in [1.807, 2.05) is 18.7 Å². The minimum Gasteiger partial charge on any atom is -0.384 e. The van der Waals surface area contributed by atoms with E-state index in [2.05, 4.69) is 10.6 Å². The Morgan fingerprint density at radius 1 is 1.19 bits per heavy atom. The third-order valence-corrected chi connectivity index (χ3v) is 7.61. The number of Topliss-reactive ketones (excluding diaryl/α,β-unsaturated/α-hetero) is 1. The maximum absolute atomic E-state index is 13.0. The second-order valence-corrected chi connectivity index (χ2v) is 10.1. The number of piperidine rings is 2. The molecule has 2 heterocycles. The highest BCUT2D eigenvalue weighted by Gasteiger charge is 2.41. The van der Waals surface area contributed by atoms with Crippen molar-refractivity contribution >= 4 is 23.5 Å². The summed E-state index contributed by atoms with van der Waals surface area (Å²) in [6.07, 6.45) is 4.27. The zero-order valence-corrected chi connectivity index (χ0v) is 19.1. The van der Waals surface area contributed by atoms with Gasteiger partial charge in [-0.2, -0.15) is 0 Å². The fourth-order valence-corrected chi connectivity index (χ4v) is 5.14. The number of amides is 3. The molecule has 0 aromatic carbocycles. The number of hydrogen-bond acceptors (Lipinski definition) is 5. The molecule has 8 heteroatoms. The van der Waals surface area contributed by atoms with Crippen LogP contribution in [0.3, 0.4) is 0 Å². The molecule has 1 saturated carbocycles. The van der Waals surface area contributed by atoms with Gasteiger partial charge in [-0.15, -0.1) is 0 Å². The van der Waals surface area contributed by atoms with Crippen LogP contribution in [0.15, 0.2) is 0 Å². The number of likely N-dealkylation sites (tertiary alicyclic amines) is 1. The number of carbonyl (C=O) groups excluding carboxylic acids is 4. The van der Waals surface area contributed by atoms with Gasteiger partial charge in [-0.3, -0.25) is 19.2 Å². The molecule has 3 aliphatic rings. The van der Waals surface area contributed by atoms with E-state index < -0.39 is 5.41 Å². The van der Waals surface area contributed by atoms with E-state index in [9.17, 15) is 19.2 Å². The molecule has 0 bridgehead atoms. The van der Waals surface area contributed by atoms with E-state index in [-0.39, 0.29) is 40.8 Å². The summed E-state index contributed by atoms with van der Waals surface area (Å²) in [5, 5.41) is 5.90. The number of methoxy groups -OCH3 is 1. The molecule has 2 aliphatic heterocycles. The van der Waals surface area contributed by atoms with Crippen LogP contribution in [0.5, 0.6) is 0 Å². The monoisotopic (exact) mass is 435 g/mol. The van der Waals surface area contributed by atoms with Crippen molar-refractivity contribution in [2.75, 3.05) is 39.9 Å². The molecule has 0 aromatic rings. The quantitative estimate of drug-likeness (QED) is 0.654. The Morgan fingerprint density at radius 3 is 2.48 bits per heavy atom. The van der Waals surface area contributed by atoms with Crippen molar-refractivity contribution in [2.45, 2.75) is 58.8 Å². The van der Waals surface area contributed by atoms with E-state index in [4.69, 9.17) is 4.74 Å². The molecule has 3 fully saturated rings. The van der Waals surface area contributed by atoms with E-state index in [0.717, 1.165) is 12.8 Å². The average molecular weight is 436 g/mol. The maximum atomic E-state index is 13.0. The lowest BCUT2D eigenvalue weighted by Crippen LogP contribution is -2.55. The van der Waals surface area contributed by atoms with Crippen LogP contribution in [-0.2, 0) is 23.9 Å². The van der Waals surface area contributed by atoms with Crippen molar-refractivity contribution < 1.29 is 23.9 Å². The lowest BCUT2D eigenvalue weighted by molar-refractivity contribution is -0.142. The number of ether oxygens (including phenoxy) is 1. The SMILES string of the molecule is COCC1(CNC(=O)C2(C)CCC(=O)NC2)CCN(C(=O)C2CCC(=O)C(C)C2)CC1. The summed E-state index contributed by atoms with van der Waals surface area (Å²) in [5.41, 5.74) is -0.792. The smallest absolute Gasteiger partial charge is 0.227 e. The lowest BCUT2D eigenvalue weighted by atomic mass is 9.76. The Hall–Kier alpha value is -1.96. The summed E-state index contributed by atoms with van der Waals surface area (Å²) in [6, 6.07) is 0. The Labute approximate surface area is 184 Å². The van der Waals surface area contributed by atoms with Crippen LogP contribution in [0.2, 0.25) is 0 Å². The van der Waals surface area contributed by atoms with Crippen molar-refractivity contribution in [3.8, 4) is 0 Å². The van der Waals surface area contributed by atoms with Crippen molar-refractivity contribution in [3.63, 3.8) is 0 Å². The summed E-state index contributed by atoms with van der Waals surface area (Å²) in [7, 11) is 1.67. The summed E-state index contributed by atoms with van der Waals surface area (Å²) in [6.45, 7) is 6.48. The maximum Gasteiger partial charge on any atom is 0.227 e. The predicted octanol–water partition coefficient (Wildman–Crippen LogP) is 1.28. The minimum atomic E-state index is -0.589. The zero-order valence-electron chi connectivity index (χ0n) is 19.1. The number of ketones is 1. The Bertz CT molecular complexity index is 704. The highest BCUT2D eigenvalue weighted by atomic mass is 16.5. The van der Waals surface area contributed by atoms with Gasteiger partial charge in [0.25, 0.3) is 0 Å². The average Bonchev–Trinajstić information content (AvgIpc) is 2.76. The van der Waals surface area contributed by atoms with Crippen LogP contribution in [0.4, 0.5) is 0 Å². The van der Waals surface area contributed by atoms with Crippen LogP contribution < -0.4 is 10.6 Å². The highest BCUT2D eigenvalue weighted by Crippen LogP contribution is 2.35. The van der Waals surface area contributed by atoms with Gasteiger partial charge in [0, 0.05) is 63.4 Å². The van der Waals surface area contributed by atoms with Gasteiger partial charge in [-0.05, 0) is 39.0 Å². The fraction of sp³-hybridized carbons (Fsp3) is 0.826. The van der Waals surface area contributed by atoms with E-state index in [1.165, 1.54) is 0 Å². The first-order chi connectivity index (χ1) is 14.7. The molecule has 2 N–H and O–H groups in total. The van der Waals surface area contributed by atoms with Crippen LogP contribution >= 0.6 is 0 Å². The van der Waals surface area contributed by atoms with Crippen molar-refractivity contribution in [3.05, 3.63) is 0 Å². The molecule has 8 nitrogen and oxygen atoms in total. The van der Waals surface area contributed by atoms with E-state index in [1.54, 1.807) is 7.11 Å². The third kappa shape index (κ3) is 5.45. The molecule has 0 radical (unpaired) electrons. The number of carbonyl (C=O) groups is 4. The molecule has 31 heavy (non-hydrogen) atoms. The molecular formula is C23H37N3O5. The molecule has 2 saturated heterocycles. The first-order valence-electron chi connectivity index (χ1n) is 11.5. The van der Waals surface area contributed by atoms with Crippen LogP contribution in [0.25, 0.3) is 0 Å². The molecule has 3 atom stereocenters. The summed E-state index contributed by atoms with van der Waals surface area (Å²) < 4.78 is 5.49. The highest BCUT2D eigenvalue weighted by molar-refractivity contribution is 5.87. The van der Waals surface area contributed by atoms with Gasteiger partial charge in [0.05, 0.1) is 12.0 Å². The first kappa shape index (κ1) is 23.7. The predicted molar refractivity (Wildman–Crippen MR) is 115 cm³/mol. The van der Waals surface area contributed by atoms with Gasteiger partial charge in [0.2, 0.25) is 17.7 Å². The molecule has 0 spiro atoms. The third-order valence-electron chi connectivity index (χ3n) is 7.61. The normalized spacial score (nSPS) is 31.1. The summed E-state index contributed by atoms with van der Waals surface area (Å²) >= 11 is 0. The summed E-state index contributed by atoms with van der Waals surface area (Å²) in [5.74, 6) is 0.311. The van der Waals surface area contributed by atoms with Gasteiger partial charge in [-0.1, -0.05) is 6.92 Å². The lowest BCUT2D eigenvalue weighted by Gasteiger charge is -2.43. The molecule has 1 aliphatic carbocycles. The van der Waals surface area contributed by atoms with Crippen molar-refractivity contribution in [1.82, 2.24) is 15.5 Å². The van der Waals surface area contributed by atoms with Crippen LogP contribution in [0.1, 0.15) is 58.8 Å².